The van der Waals surface area contributed by atoms with Gasteiger partial charge in [-0.3, -0.25) is 4.79 Å². The van der Waals surface area contributed by atoms with Gasteiger partial charge >= 0.3 is 0 Å². The van der Waals surface area contributed by atoms with Crippen LogP contribution in [0.1, 0.15) is 18.9 Å². The molecule has 1 fully saturated rings. The molecule has 4 nitrogen and oxygen atoms in total. The Morgan fingerprint density at radius 3 is 2.73 bits per heavy atom. The Hall–Kier alpha value is -0.660. The minimum atomic E-state index is -0.0374. The van der Waals surface area contributed by atoms with Crippen molar-refractivity contribution in [1.82, 2.24) is 5.43 Å². The van der Waals surface area contributed by atoms with Gasteiger partial charge in [0.05, 0.1) is 22.4 Å². The quantitative estimate of drug-likeness (QED) is 0.605. The molecule has 0 saturated carbocycles. The third kappa shape index (κ3) is 4.93. The van der Waals surface area contributed by atoms with E-state index in [0.717, 1.165) is 27.2 Å². The molecule has 7 heteroatoms. The summed E-state index contributed by atoms with van der Waals surface area (Å²) in [6, 6.07) is 5.97. The van der Waals surface area contributed by atoms with Gasteiger partial charge < -0.3 is 4.90 Å². The number of nitrogens with zero attached hydrogens (tertiary/aromatic N) is 2. The molecule has 1 N–H and O–H groups in total. The summed E-state index contributed by atoms with van der Waals surface area (Å²) in [6.45, 7) is 2.12. The molecule has 0 aromatic heterocycles. The van der Waals surface area contributed by atoms with E-state index < -0.39 is 0 Å². The molecule has 1 aliphatic rings. The molecule has 1 aromatic carbocycles. The van der Waals surface area contributed by atoms with Gasteiger partial charge in [-0.1, -0.05) is 6.07 Å². The topological polar surface area (TPSA) is 44.7 Å². The van der Waals surface area contributed by atoms with Crippen molar-refractivity contribution in [1.29, 1.82) is 0 Å². The SMILES string of the molecule is CN(C)c1ccc(/C=N\NC(=O)CC2(C)SCCS2)cc1Br. The number of hydrogen-bond donors (Lipinski definition) is 1. The number of rotatable bonds is 5. The molecule has 0 aliphatic carbocycles. The summed E-state index contributed by atoms with van der Waals surface area (Å²) < 4.78 is 0.995. The second-order valence-corrected chi connectivity index (χ2v) is 9.71. The molecular formula is C15H20BrN3OS2. The lowest BCUT2D eigenvalue weighted by Gasteiger charge is -2.19. The molecule has 0 unspecified atom stereocenters. The largest absolute Gasteiger partial charge is 0.377 e. The van der Waals surface area contributed by atoms with Crippen molar-refractivity contribution in [2.75, 3.05) is 30.5 Å². The third-order valence-corrected chi connectivity index (χ3v) is 7.16. The molecule has 2 rings (SSSR count). The van der Waals surface area contributed by atoms with Crippen LogP contribution in [0.4, 0.5) is 5.69 Å². The van der Waals surface area contributed by atoms with E-state index in [2.05, 4.69) is 33.4 Å². The first-order valence-corrected chi connectivity index (χ1v) is 9.73. The fourth-order valence-corrected chi connectivity index (χ4v) is 5.72. The van der Waals surface area contributed by atoms with Gasteiger partial charge in [0.25, 0.3) is 0 Å². The molecule has 0 radical (unpaired) electrons. The first kappa shape index (κ1) is 17.7. The summed E-state index contributed by atoms with van der Waals surface area (Å²) in [7, 11) is 3.99. The third-order valence-electron chi connectivity index (χ3n) is 3.24. The number of hydrazone groups is 1. The van der Waals surface area contributed by atoms with Gasteiger partial charge in [-0.05, 0) is 40.5 Å². The van der Waals surface area contributed by atoms with Gasteiger partial charge in [-0.2, -0.15) is 5.10 Å². The van der Waals surface area contributed by atoms with E-state index in [1.807, 2.05) is 60.7 Å². The zero-order valence-corrected chi connectivity index (χ0v) is 16.1. The zero-order chi connectivity index (χ0) is 16.2. The van der Waals surface area contributed by atoms with Crippen LogP contribution in [0.15, 0.2) is 27.8 Å². The highest BCUT2D eigenvalue weighted by molar-refractivity contribution is 9.10. The fourth-order valence-electron chi connectivity index (χ4n) is 2.13. The molecule has 0 bridgehead atoms. The van der Waals surface area contributed by atoms with Crippen molar-refractivity contribution in [2.45, 2.75) is 17.4 Å². The van der Waals surface area contributed by atoms with Crippen LogP contribution in [0.2, 0.25) is 0 Å². The first-order valence-electron chi connectivity index (χ1n) is 6.96. The number of hydrogen-bond acceptors (Lipinski definition) is 5. The Kier molecular flexibility index (Phi) is 6.23. The highest BCUT2D eigenvalue weighted by atomic mass is 79.9. The van der Waals surface area contributed by atoms with Crippen LogP contribution in [-0.2, 0) is 4.79 Å². The summed E-state index contributed by atoms with van der Waals surface area (Å²) in [5.74, 6) is 2.19. The maximum Gasteiger partial charge on any atom is 0.242 e. The summed E-state index contributed by atoms with van der Waals surface area (Å²) in [4.78, 5) is 14.0. The molecule has 22 heavy (non-hydrogen) atoms. The highest BCUT2D eigenvalue weighted by Gasteiger charge is 2.32. The van der Waals surface area contributed by atoms with Gasteiger partial charge in [0.2, 0.25) is 5.91 Å². The highest BCUT2D eigenvalue weighted by Crippen LogP contribution is 2.45. The Morgan fingerprint density at radius 1 is 1.45 bits per heavy atom. The number of nitrogens with one attached hydrogen (secondary N) is 1. The Morgan fingerprint density at radius 2 is 2.14 bits per heavy atom. The van der Waals surface area contributed by atoms with E-state index in [1.165, 1.54) is 0 Å². The summed E-state index contributed by atoms with van der Waals surface area (Å²) in [5, 5.41) is 4.05. The van der Waals surface area contributed by atoms with E-state index in [1.54, 1.807) is 6.21 Å². The predicted octanol–water partition coefficient (Wildman–Crippen LogP) is 3.55. The van der Waals surface area contributed by atoms with Crippen LogP contribution in [0.25, 0.3) is 0 Å². The molecule has 1 amide bonds. The van der Waals surface area contributed by atoms with E-state index in [9.17, 15) is 4.79 Å². The summed E-state index contributed by atoms with van der Waals surface area (Å²) >= 11 is 7.23. The first-order chi connectivity index (χ1) is 10.4. The molecular weight excluding hydrogens is 382 g/mol. The summed E-state index contributed by atoms with van der Waals surface area (Å²) in [6.07, 6.45) is 2.16. The van der Waals surface area contributed by atoms with E-state index in [0.29, 0.717) is 6.42 Å². The number of carbonyl (C=O) groups excluding carboxylic acids is 1. The number of benzene rings is 1. The van der Waals surface area contributed by atoms with Gasteiger partial charge in [0, 0.05) is 30.1 Å². The molecule has 0 atom stereocenters. The maximum absolute atomic E-state index is 11.9. The number of halogens is 1. The summed E-state index contributed by atoms with van der Waals surface area (Å²) in [5.41, 5.74) is 4.66. The minimum absolute atomic E-state index is 0.00398. The lowest BCUT2D eigenvalue weighted by molar-refractivity contribution is -0.121. The molecule has 120 valence electrons. The van der Waals surface area contributed by atoms with Crippen LogP contribution in [0, 0.1) is 0 Å². The monoisotopic (exact) mass is 401 g/mol. The van der Waals surface area contributed by atoms with Crippen LogP contribution in [0.5, 0.6) is 0 Å². The Bertz CT molecular complexity index is 572. The lowest BCUT2D eigenvalue weighted by Crippen LogP contribution is -2.26. The van der Waals surface area contributed by atoms with Crippen molar-refractivity contribution < 1.29 is 4.79 Å². The maximum atomic E-state index is 11.9. The van der Waals surface area contributed by atoms with Gasteiger partial charge in [0.15, 0.2) is 0 Å². The Balaban J connectivity index is 1.89. The number of thioether (sulfide) groups is 2. The van der Waals surface area contributed by atoms with E-state index in [4.69, 9.17) is 0 Å². The van der Waals surface area contributed by atoms with Crippen LogP contribution >= 0.6 is 39.5 Å². The zero-order valence-electron chi connectivity index (χ0n) is 12.9. The van der Waals surface area contributed by atoms with Gasteiger partial charge in [-0.15, -0.1) is 23.5 Å². The smallest absolute Gasteiger partial charge is 0.242 e. The van der Waals surface area contributed by atoms with Gasteiger partial charge in [-0.25, -0.2) is 5.43 Å². The number of carbonyl (C=O) groups is 1. The van der Waals surface area contributed by atoms with Crippen LogP contribution < -0.4 is 10.3 Å². The van der Waals surface area contributed by atoms with Crippen molar-refractivity contribution in [2.24, 2.45) is 5.10 Å². The van der Waals surface area contributed by atoms with E-state index >= 15 is 0 Å². The Labute approximate surface area is 148 Å². The van der Waals surface area contributed by atoms with Crippen molar-refractivity contribution in [3.63, 3.8) is 0 Å². The van der Waals surface area contributed by atoms with Crippen LogP contribution in [-0.4, -0.2) is 41.8 Å². The van der Waals surface area contributed by atoms with Crippen molar-refractivity contribution in [3.8, 4) is 0 Å². The molecule has 1 aromatic rings. The lowest BCUT2D eigenvalue weighted by atomic mass is 10.2. The predicted molar refractivity (Wildman–Crippen MR) is 102 cm³/mol. The average molecular weight is 402 g/mol. The molecule has 0 spiro atoms. The van der Waals surface area contributed by atoms with E-state index in [-0.39, 0.29) is 9.99 Å². The minimum Gasteiger partial charge on any atom is -0.377 e. The molecule has 1 saturated heterocycles. The molecule has 1 aliphatic heterocycles. The second kappa shape index (κ2) is 7.75. The standard InChI is InChI=1S/C15H20BrN3OS2/c1-15(21-6-7-22-15)9-14(20)18-17-10-11-4-5-13(19(2)3)12(16)8-11/h4-5,8,10H,6-7,9H2,1-3H3,(H,18,20)/b17-10-. The number of anilines is 1. The number of amides is 1. The van der Waals surface area contributed by atoms with Gasteiger partial charge in [0.1, 0.15) is 0 Å². The van der Waals surface area contributed by atoms with Crippen molar-refractivity contribution in [3.05, 3.63) is 28.2 Å². The van der Waals surface area contributed by atoms with Crippen molar-refractivity contribution >= 4 is 57.3 Å². The van der Waals surface area contributed by atoms with Crippen LogP contribution in [0.3, 0.4) is 0 Å². The normalized spacial score (nSPS) is 16.9. The molecule has 1 heterocycles. The second-order valence-electron chi connectivity index (χ2n) is 5.41. The average Bonchev–Trinajstić information content (AvgIpc) is 2.84. The fraction of sp³-hybridized carbons (Fsp3) is 0.467.